The van der Waals surface area contributed by atoms with E-state index >= 15 is 0 Å². The number of hydrogen-bond acceptors (Lipinski definition) is 4. The van der Waals surface area contributed by atoms with Gasteiger partial charge in [-0.05, 0) is 35.2 Å². The minimum Gasteiger partial charge on any atom is -0.440 e. The Bertz CT molecular complexity index is 1250. The van der Waals surface area contributed by atoms with Crippen molar-refractivity contribution in [3.05, 3.63) is 101 Å². The Morgan fingerprint density at radius 2 is 1.77 bits per heavy atom. The maximum Gasteiger partial charge on any atom is 0.212 e. The van der Waals surface area contributed by atoms with Gasteiger partial charge in [0.1, 0.15) is 17.4 Å². The zero-order valence-electron chi connectivity index (χ0n) is 16.4. The lowest BCUT2D eigenvalue weighted by molar-refractivity contribution is -0.115. The molecule has 4 heteroatoms. The zero-order chi connectivity index (χ0) is 20.5. The molecule has 1 unspecified atom stereocenters. The highest BCUT2D eigenvalue weighted by Gasteiger charge is 2.33. The molecule has 146 valence electrons. The topological polar surface area (TPSA) is 62.1 Å². The highest BCUT2D eigenvalue weighted by molar-refractivity contribution is 5.91. The van der Waals surface area contributed by atoms with E-state index in [1.165, 1.54) is 0 Å². The fourth-order valence-electron chi connectivity index (χ4n) is 4.33. The van der Waals surface area contributed by atoms with E-state index in [9.17, 15) is 10.1 Å². The first-order valence-electron chi connectivity index (χ1n) is 10.1. The summed E-state index contributed by atoms with van der Waals surface area (Å²) in [6.45, 7) is 0. The maximum absolute atomic E-state index is 11.9. The fourth-order valence-corrected chi connectivity index (χ4v) is 4.33. The van der Waals surface area contributed by atoms with E-state index in [0.29, 0.717) is 17.9 Å². The van der Waals surface area contributed by atoms with Crippen molar-refractivity contribution < 1.29 is 9.53 Å². The molecule has 1 heterocycles. The number of benzene rings is 3. The van der Waals surface area contributed by atoms with Gasteiger partial charge >= 0.3 is 0 Å². The summed E-state index contributed by atoms with van der Waals surface area (Å²) in [5.41, 5.74) is 3.34. The molecule has 3 aromatic rings. The van der Waals surface area contributed by atoms with Crippen molar-refractivity contribution in [1.29, 1.82) is 5.26 Å². The van der Waals surface area contributed by atoms with Crippen LogP contribution in [0.1, 0.15) is 36.3 Å². The minimum atomic E-state index is -0.256. The Balaban J connectivity index is 1.71. The first-order valence-corrected chi connectivity index (χ1v) is 10.1. The standard InChI is InChI=1S/C26H20N2O2/c27-16-22-24(18-8-2-1-3-9-18)25-21-12-5-4-7-17(21)13-14-23(25)30-26(22)28-19-10-6-11-20(29)15-19/h1-5,7-9,12-15,24,28H,6,10-11H2. The molecule has 1 aliphatic carbocycles. The normalized spacial score (nSPS) is 18.3. The van der Waals surface area contributed by atoms with Crippen LogP contribution in [0.4, 0.5) is 0 Å². The molecule has 0 aromatic heterocycles. The second-order valence-electron chi connectivity index (χ2n) is 7.61. The number of carbonyl (C=O) groups excluding carboxylic acids is 1. The molecule has 0 radical (unpaired) electrons. The van der Waals surface area contributed by atoms with E-state index < -0.39 is 0 Å². The number of ether oxygens (including phenoxy) is 1. The molecule has 0 spiro atoms. The predicted molar refractivity (Wildman–Crippen MR) is 116 cm³/mol. The third-order valence-corrected chi connectivity index (χ3v) is 5.70. The van der Waals surface area contributed by atoms with Crippen molar-refractivity contribution in [3.8, 4) is 11.8 Å². The van der Waals surface area contributed by atoms with Gasteiger partial charge in [-0.2, -0.15) is 5.26 Å². The molecular weight excluding hydrogens is 372 g/mol. The lowest BCUT2D eigenvalue weighted by Crippen LogP contribution is -2.27. The molecule has 30 heavy (non-hydrogen) atoms. The van der Waals surface area contributed by atoms with Gasteiger partial charge < -0.3 is 10.1 Å². The minimum absolute atomic E-state index is 0.102. The van der Waals surface area contributed by atoms with E-state index in [0.717, 1.165) is 46.2 Å². The molecule has 1 aliphatic heterocycles. The second-order valence-corrected chi connectivity index (χ2v) is 7.61. The monoisotopic (exact) mass is 392 g/mol. The Morgan fingerprint density at radius 1 is 0.967 bits per heavy atom. The van der Waals surface area contributed by atoms with Crippen LogP contribution >= 0.6 is 0 Å². The number of carbonyl (C=O) groups is 1. The molecule has 2 aliphatic rings. The molecule has 1 atom stereocenters. The average molecular weight is 392 g/mol. The zero-order valence-corrected chi connectivity index (χ0v) is 16.4. The van der Waals surface area contributed by atoms with Crippen LogP contribution in [-0.2, 0) is 4.79 Å². The summed E-state index contributed by atoms with van der Waals surface area (Å²) in [5.74, 6) is 0.986. The number of nitrogens with one attached hydrogen (secondary N) is 1. The smallest absolute Gasteiger partial charge is 0.212 e. The van der Waals surface area contributed by atoms with E-state index in [1.54, 1.807) is 6.08 Å². The number of allylic oxidation sites excluding steroid dienone is 3. The van der Waals surface area contributed by atoms with E-state index in [-0.39, 0.29) is 11.7 Å². The summed E-state index contributed by atoms with van der Waals surface area (Å²) in [4.78, 5) is 11.9. The number of hydrogen-bond donors (Lipinski definition) is 1. The van der Waals surface area contributed by atoms with E-state index in [2.05, 4.69) is 23.5 Å². The van der Waals surface area contributed by atoms with E-state index in [1.807, 2.05) is 54.6 Å². The Labute approximate surface area is 175 Å². The summed E-state index contributed by atoms with van der Waals surface area (Å²) in [7, 11) is 0. The van der Waals surface area contributed by atoms with Crippen molar-refractivity contribution in [1.82, 2.24) is 5.32 Å². The van der Waals surface area contributed by atoms with Crippen molar-refractivity contribution in [3.63, 3.8) is 0 Å². The molecule has 0 saturated carbocycles. The number of nitriles is 1. The van der Waals surface area contributed by atoms with Crippen LogP contribution in [0.3, 0.4) is 0 Å². The van der Waals surface area contributed by atoms with Crippen LogP contribution in [0.15, 0.2) is 90.0 Å². The van der Waals surface area contributed by atoms with Crippen molar-refractivity contribution in [2.75, 3.05) is 0 Å². The van der Waals surface area contributed by atoms with Crippen molar-refractivity contribution >= 4 is 16.6 Å². The van der Waals surface area contributed by atoms with Gasteiger partial charge in [0.25, 0.3) is 0 Å². The van der Waals surface area contributed by atoms with E-state index in [4.69, 9.17) is 4.74 Å². The highest BCUT2D eigenvalue weighted by Crippen LogP contribution is 2.46. The number of ketones is 1. The molecule has 0 amide bonds. The van der Waals surface area contributed by atoms with Gasteiger partial charge in [-0.3, -0.25) is 4.79 Å². The van der Waals surface area contributed by atoms with Gasteiger partial charge in [0.05, 0.1) is 5.92 Å². The van der Waals surface area contributed by atoms with Gasteiger partial charge in [-0.1, -0.05) is 60.7 Å². The van der Waals surface area contributed by atoms with Gasteiger partial charge in [-0.25, -0.2) is 0 Å². The molecule has 0 fully saturated rings. The van der Waals surface area contributed by atoms with Crippen molar-refractivity contribution in [2.24, 2.45) is 0 Å². The van der Waals surface area contributed by atoms with Gasteiger partial charge in [0.2, 0.25) is 5.88 Å². The number of nitrogens with zero attached hydrogens (tertiary/aromatic N) is 1. The SMILES string of the molecule is N#CC1=C(NC2=CC(=O)CCC2)Oc2ccc3ccccc3c2C1c1ccccc1. The second kappa shape index (κ2) is 7.53. The highest BCUT2D eigenvalue weighted by atomic mass is 16.5. The molecule has 0 saturated heterocycles. The Hall–Kier alpha value is -3.84. The summed E-state index contributed by atoms with van der Waals surface area (Å²) < 4.78 is 6.23. The Kier molecular flexibility index (Phi) is 4.57. The lowest BCUT2D eigenvalue weighted by atomic mass is 9.81. The first kappa shape index (κ1) is 18.2. The first-order chi connectivity index (χ1) is 14.7. The molecular formula is C26H20N2O2. The summed E-state index contributed by atoms with van der Waals surface area (Å²) in [5, 5.41) is 15.6. The molecule has 4 nitrogen and oxygen atoms in total. The van der Waals surface area contributed by atoms with Crippen LogP contribution in [0, 0.1) is 11.3 Å². The summed E-state index contributed by atoms with van der Waals surface area (Å²) >= 11 is 0. The third kappa shape index (κ3) is 3.15. The quantitative estimate of drug-likeness (QED) is 0.655. The maximum atomic E-state index is 11.9. The van der Waals surface area contributed by atoms with Gasteiger partial charge in [0.15, 0.2) is 5.78 Å². The van der Waals surface area contributed by atoms with Crippen molar-refractivity contribution in [2.45, 2.75) is 25.2 Å². The van der Waals surface area contributed by atoms with Gasteiger partial charge in [0, 0.05) is 23.8 Å². The molecule has 0 bridgehead atoms. The average Bonchev–Trinajstić information content (AvgIpc) is 2.78. The van der Waals surface area contributed by atoms with Crippen LogP contribution in [0.5, 0.6) is 5.75 Å². The number of fused-ring (bicyclic) bond motifs is 3. The van der Waals surface area contributed by atoms with Crippen LogP contribution in [0.25, 0.3) is 10.8 Å². The third-order valence-electron chi connectivity index (χ3n) is 5.70. The molecule has 5 rings (SSSR count). The Morgan fingerprint density at radius 3 is 2.57 bits per heavy atom. The predicted octanol–water partition coefficient (Wildman–Crippen LogP) is 5.33. The molecule has 1 N–H and O–H groups in total. The van der Waals surface area contributed by atoms with Gasteiger partial charge in [-0.15, -0.1) is 0 Å². The lowest BCUT2D eigenvalue weighted by Gasteiger charge is -2.30. The summed E-state index contributed by atoms with van der Waals surface area (Å²) in [6.07, 6.45) is 3.76. The fraction of sp³-hybridized carbons (Fsp3) is 0.154. The van der Waals surface area contributed by atoms with Crippen LogP contribution < -0.4 is 10.1 Å². The molecule has 3 aromatic carbocycles. The summed E-state index contributed by atoms with van der Waals surface area (Å²) in [6, 6.07) is 24.6. The van der Waals surface area contributed by atoms with Crippen LogP contribution in [0.2, 0.25) is 0 Å². The largest absolute Gasteiger partial charge is 0.440 e. The van der Waals surface area contributed by atoms with Crippen LogP contribution in [-0.4, -0.2) is 5.78 Å². The number of rotatable bonds is 3.